The van der Waals surface area contributed by atoms with Crippen molar-refractivity contribution in [1.29, 1.82) is 0 Å². The van der Waals surface area contributed by atoms with Gasteiger partial charge in [0, 0.05) is 10.9 Å². The Balaban J connectivity index is 2.53. The Kier molecular flexibility index (Phi) is 3.56. The molecule has 1 aromatic heterocycles. The molecule has 0 unspecified atom stereocenters. The standard InChI is InChI=1S/C12H8BrClFN/c13-7-12-9(14)5-6-11(16-12)8-3-1-2-4-10(8)15/h1-6H,7H2. The second kappa shape index (κ2) is 4.93. The Labute approximate surface area is 106 Å². The van der Waals surface area contributed by atoms with Crippen molar-refractivity contribution in [3.8, 4) is 11.3 Å². The molecule has 82 valence electrons. The van der Waals surface area contributed by atoms with Gasteiger partial charge in [0.05, 0.1) is 16.4 Å². The van der Waals surface area contributed by atoms with E-state index >= 15 is 0 Å². The maximum Gasteiger partial charge on any atom is 0.132 e. The van der Waals surface area contributed by atoms with Gasteiger partial charge >= 0.3 is 0 Å². The van der Waals surface area contributed by atoms with E-state index < -0.39 is 0 Å². The lowest BCUT2D eigenvalue weighted by atomic mass is 10.1. The predicted octanol–water partition coefficient (Wildman–Crippen LogP) is 4.44. The topological polar surface area (TPSA) is 12.9 Å². The first-order valence-corrected chi connectivity index (χ1v) is 6.18. The first kappa shape index (κ1) is 11.6. The highest BCUT2D eigenvalue weighted by atomic mass is 79.9. The predicted molar refractivity (Wildman–Crippen MR) is 67.3 cm³/mol. The maximum atomic E-state index is 13.5. The second-order valence-electron chi connectivity index (χ2n) is 3.24. The third kappa shape index (κ3) is 2.25. The average molecular weight is 301 g/mol. The lowest BCUT2D eigenvalue weighted by Gasteiger charge is -2.05. The van der Waals surface area contributed by atoms with E-state index in [9.17, 15) is 4.39 Å². The fourth-order valence-electron chi connectivity index (χ4n) is 1.40. The smallest absolute Gasteiger partial charge is 0.132 e. The zero-order valence-corrected chi connectivity index (χ0v) is 10.6. The van der Waals surface area contributed by atoms with Crippen LogP contribution in [0.15, 0.2) is 36.4 Å². The largest absolute Gasteiger partial charge is 0.250 e. The minimum Gasteiger partial charge on any atom is -0.250 e. The molecule has 1 aromatic carbocycles. The van der Waals surface area contributed by atoms with Crippen molar-refractivity contribution in [1.82, 2.24) is 4.98 Å². The van der Waals surface area contributed by atoms with Gasteiger partial charge in [0.1, 0.15) is 5.82 Å². The molecule has 0 fully saturated rings. The molecular formula is C12H8BrClFN. The molecule has 2 rings (SSSR count). The number of benzene rings is 1. The van der Waals surface area contributed by atoms with Crippen LogP contribution in [0, 0.1) is 5.82 Å². The number of hydrogen-bond donors (Lipinski definition) is 0. The Hall–Kier alpha value is -0.930. The van der Waals surface area contributed by atoms with E-state index in [0.717, 1.165) is 0 Å². The van der Waals surface area contributed by atoms with Gasteiger partial charge in [-0.2, -0.15) is 0 Å². The highest BCUT2D eigenvalue weighted by Gasteiger charge is 2.08. The summed E-state index contributed by atoms with van der Waals surface area (Å²) in [5, 5.41) is 1.13. The van der Waals surface area contributed by atoms with Crippen LogP contribution in [-0.2, 0) is 5.33 Å². The van der Waals surface area contributed by atoms with E-state index in [0.29, 0.717) is 27.3 Å². The molecule has 0 saturated heterocycles. The first-order chi connectivity index (χ1) is 7.72. The lowest BCUT2D eigenvalue weighted by molar-refractivity contribution is 0.630. The molecular weight excluding hydrogens is 292 g/mol. The van der Waals surface area contributed by atoms with Crippen molar-refractivity contribution in [3.05, 3.63) is 52.9 Å². The number of nitrogens with zero attached hydrogens (tertiary/aromatic N) is 1. The van der Waals surface area contributed by atoms with Gasteiger partial charge in [-0.3, -0.25) is 4.98 Å². The molecule has 0 atom stereocenters. The van der Waals surface area contributed by atoms with Gasteiger partial charge in [0.25, 0.3) is 0 Å². The fraction of sp³-hybridized carbons (Fsp3) is 0.0833. The van der Waals surface area contributed by atoms with Gasteiger partial charge < -0.3 is 0 Å². The van der Waals surface area contributed by atoms with Crippen LogP contribution in [0.5, 0.6) is 0 Å². The molecule has 0 aliphatic heterocycles. The Morgan fingerprint density at radius 1 is 1.19 bits per heavy atom. The monoisotopic (exact) mass is 299 g/mol. The van der Waals surface area contributed by atoms with Crippen molar-refractivity contribution >= 4 is 27.5 Å². The van der Waals surface area contributed by atoms with Gasteiger partial charge in [0.15, 0.2) is 0 Å². The molecule has 1 nitrogen and oxygen atoms in total. The van der Waals surface area contributed by atoms with E-state index in [1.165, 1.54) is 6.07 Å². The van der Waals surface area contributed by atoms with E-state index in [1.54, 1.807) is 30.3 Å². The summed E-state index contributed by atoms with van der Waals surface area (Å²) in [6, 6.07) is 9.99. The number of halogens is 3. The van der Waals surface area contributed by atoms with Crippen LogP contribution in [-0.4, -0.2) is 4.98 Å². The van der Waals surface area contributed by atoms with Crippen LogP contribution >= 0.6 is 27.5 Å². The van der Waals surface area contributed by atoms with Crippen molar-refractivity contribution in [2.75, 3.05) is 0 Å². The third-order valence-electron chi connectivity index (χ3n) is 2.20. The number of rotatable bonds is 2. The molecule has 0 N–H and O–H groups in total. The molecule has 1 heterocycles. The molecule has 0 spiro atoms. The zero-order chi connectivity index (χ0) is 11.5. The summed E-state index contributed by atoms with van der Waals surface area (Å²) >= 11 is 9.23. The van der Waals surface area contributed by atoms with Crippen LogP contribution in [0.4, 0.5) is 4.39 Å². The van der Waals surface area contributed by atoms with Gasteiger partial charge in [-0.05, 0) is 24.3 Å². The zero-order valence-electron chi connectivity index (χ0n) is 8.25. The first-order valence-electron chi connectivity index (χ1n) is 4.68. The quantitative estimate of drug-likeness (QED) is 0.747. The summed E-state index contributed by atoms with van der Waals surface area (Å²) in [7, 11) is 0. The summed E-state index contributed by atoms with van der Waals surface area (Å²) in [6.45, 7) is 0. The van der Waals surface area contributed by atoms with Crippen molar-refractivity contribution < 1.29 is 4.39 Å². The summed E-state index contributed by atoms with van der Waals surface area (Å²) in [5.74, 6) is -0.280. The Morgan fingerprint density at radius 3 is 2.62 bits per heavy atom. The van der Waals surface area contributed by atoms with Gasteiger partial charge in [-0.15, -0.1) is 0 Å². The molecule has 0 aliphatic rings. The number of hydrogen-bond acceptors (Lipinski definition) is 1. The number of aromatic nitrogens is 1. The average Bonchev–Trinajstić information content (AvgIpc) is 2.31. The van der Waals surface area contributed by atoms with Crippen LogP contribution in [0.3, 0.4) is 0 Å². The van der Waals surface area contributed by atoms with Crippen LogP contribution in [0.2, 0.25) is 5.02 Å². The number of alkyl halides is 1. The molecule has 0 bridgehead atoms. The minimum absolute atomic E-state index is 0.280. The Bertz CT molecular complexity index is 516. The highest BCUT2D eigenvalue weighted by molar-refractivity contribution is 9.08. The highest BCUT2D eigenvalue weighted by Crippen LogP contribution is 2.24. The summed E-state index contributed by atoms with van der Waals surface area (Å²) in [4.78, 5) is 4.30. The summed E-state index contributed by atoms with van der Waals surface area (Å²) in [5.41, 5.74) is 1.79. The van der Waals surface area contributed by atoms with E-state index in [4.69, 9.17) is 11.6 Å². The van der Waals surface area contributed by atoms with E-state index in [1.807, 2.05) is 0 Å². The molecule has 4 heteroatoms. The van der Waals surface area contributed by atoms with Crippen LogP contribution < -0.4 is 0 Å². The van der Waals surface area contributed by atoms with Crippen molar-refractivity contribution in [2.45, 2.75) is 5.33 Å². The Morgan fingerprint density at radius 2 is 1.94 bits per heavy atom. The van der Waals surface area contributed by atoms with Crippen molar-refractivity contribution in [2.24, 2.45) is 0 Å². The minimum atomic E-state index is -0.280. The van der Waals surface area contributed by atoms with Crippen molar-refractivity contribution in [3.63, 3.8) is 0 Å². The fourth-order valence-corrected chi connectivity index (χ4v) is 2.16. The SMILES string of the molecule is Fc1ccccc1-c1ccc(Cl)c(CBr)n1. The normalized spacial score (nSPS) is 10.4. The van der Waals surface area contributed by atoms with E-state index in [-0.39, 0.29) is 5.82 Å². The lowest BCUT2D eigenvalue weighted by Crippen LogP contribution is -1.92. The summed E-state index contributed by atoms with van der Waals surface area (Å²) in [6.07, 6.45) is 0. The van der Waals surface area contributed by atoms with Crippen LogP contribution in [0.1, 0.15) is 5.69 Å². The van der Waals surface area contributed by atoms with Crippen LogP contribution in [0.25, 0.3) is 11.3 Å². The summed E-state index contributed by atoms with van der Waals surface area (Å²) < 4.78 is 13.5. The third-order valence-corrected chi connectivity index (χ3v) is 3.07. The molecule has 0 saturated carbocycles. The van der Waals surface area contributed by atoms with Gasteiger partial charge in [-0.25, -0.2) is 4.39 Å². The molecule has 2 aromatic rings. The van der Waals surface area contributed by atoms with Gasteiger partial charge in [0.2, 0.25) is 0 Å². The maximum absolute atomic E-state index is 13.5. The molecule has 0 radical (unpaired) electrons. The molecule has 16 heavy (non-hydrogen) atoms. The number of pyridine rings is 1. The van der Waals surface area contributed by atoms with Gasteiger partial charge in [-0.1, -0.05) is 39.7 Å². The van der Waals surface area contributed by atoms with E-state index in [2.05, 4.69) is 20.9 Å². The molecule has 0 aliphatic carbocycles. The molecule has 0 amide bonds. The second-order valence-corrected chi connectivity index (χ2v) is 4.21.